The van der Waals surface area contributed by atoms with Crippen molar-refractivity contribution in [2.24, 2.45) is 0 Å². The second-order valence-corrected chi connectivity index (χ2v) is 7.28. The number of methoxy groups -OCH3 is 2. The molecule has 7 nitrogen and oxygen atoms in total. The lowest BCUT2D eigenvalue weighted by Gasteiger charge is -2.11. The van der Waals surface area contributed by atoms with Gasteiger partial charge in [-0.15, -0.1) is 10.2 Å². The smallest absolute Gasteiger partial charge is 0.157 e. The Morgan fingerprint density at radius 3 is 2.00 bits per heavy atom. The maximum atomic E-state index is 5.31. The second-order valence-electron chi connectivity index (χ2n) is 7.28. The second kappa shape index (κ2) is 8.47. The number of hydrogen-bond acceptors (Lipinski definition) is 6. The molecule has 32 heavy (non-hydrogen) atoms. The Labute approximate surface area is 185 Å². The Kier molecular flexibility index (Phi) is 5.21. The summed E-state index contributed by atoms with van der Waals surface area (Å²) in [4.78, 5) is 4.91. The Morgan fingerprint density at radius 1 is 0.719 bits per heavy atom. The molecular formula is C25H21N5O2. The fraction of sp³-hybridized carbons (Fsp3) is 0.120. The van der Waals surface area contributed by atoms with Crippen molar-refractivity contribution in [3.8, 4) is 34.0 Å². The van der Waals surface area contributed by atoms with E-state index in [0.29, 0.717) is 17.9 Å². The average Bonchev–Trinajstić information content (AvgIpc) is 3.27. The van der Waals surface area contributed by atoms with E-state index >= 15 is 0 Å². The molecule has 0 spiro atoms. The summed E-state index contributed by atoms with van der Waals surface area (Å²) in [5, 5.41) is 17.5. The van der Waals surface area contributed by atoms with Gasteiger partial charge in [0, 0.05) is 16.5 Å². The zero-order chi connectivity index (χ0) is 21.9. The summed E-state index contributed by atoms with van der Waals surface area (Å²) in [6.45, 7) is 0. The highest BCUT2D eigenvalue weighted by atomic mass is 16.5. The maximum absolute atomic E-state index is 5.31. The summed E-state index contributed by atoms with van der Waals surface area (Å²) >= 11 is 0. The van der Waals surface area contributed by atoms with Gasteiger partial charge in [-0.1, -0.05) is 18.2 Å². The number of H-pyrrole nitrogens is 1. The first-order valence-corrected chi connectivity index (χ1v) is 10.2. The SMILES string of the molecule is COc1ccc(-c2nnc(Cc3[nH]nc4ccccc34)nc2-c2ccc(OC)cc2)cc1. The molecule has 0 amide bonds. The number of nitrogens with zero attached hydrogens (tertiary/aromatic N) is 4. The third kappa shape index (κ3) is 3.76. The van der Waals surface area contributed by atoms with Gasteiger partial charge >= 0.3 is 0 Å². The summed E-state index contributed by atoms with van der Waals surface area (Å²) in [5.41, 5.74) is 5.18. The van der Waals surface area contributed by atoms with Crippen molar-refractivity contribution >= 4 is 10.9 Å². The van der Waals surface area contributed by atoms with Crippen LogP contribution in [-0.4, -0.2) is 39.6 Å². The van der Waals surface area contributed by atoms with Crippen molar-refractivity contribution in [3.05, 3.63) is 84.3 Å². The van der Waals surface area contributed by atoms with Gasteiger partial charge in [-0.2, -0.15) is 5.10 Å². The molecule has 5 aromatic rings. The zero-order valence-electron chi connectivity index (χ0n) is 17.7. The normalized spacial score (nSPS) is 10.9. The van der Waals surface area contributed by atoms with Crippen LogP contribution in [0.4, 0.5) is 0 Å². The highest BCUT2D eigenvalue weighted by molar-refractivity contribution is 5.81. The van der Waals surface area contributed by atoms with E-state index in [2.05, 4.69) is 20.4 Å². The van der Waals surface area contributed by atoms with E-state index < -0.39 is 0 Å². The third-order valence-corrected chi connectivity index (χ3v) is 5.33. The van der Waals surface area contributed by atoms with Crippen molar-refractivity contribution in [2.75, 3.05) is 14.2 Å². The van der Waals surface area contributed by atoms with Crippen LogP contribution in [0.1, 0.15) is 11.5 Å². The molecule has 2 heterocycles. The van der Waals surface area contributed by atoms with Crippen molar-refractivity contribution in [1.29, 1.82) is 0 Å². The molecule has 5 rings (SSSR count). The predicted octanol–water partition coefficient (Wildman–Crippen LogP) is 4.69. The van der Waals surface area contributed by atoms with Crippen molar-refractivity contribution < 1.29 is 9.47 Å². The van der Waals surface area contributed by atoms with Crippen LogP contribution in [0.2, 0.25) is 0 Å². The van der Waals surface area contributed by atoms with Crippen molar-refractivity contribution in [2.45, 2.75) is 6.42 Å². The number of para-hydroxylation sites is 1. The lowest BCUT2D eigenvalue weighted by molar-refractivity contribution is 0.414. The van der Waals surface area contributed by atoms with Crippen LogP contribution in [0.25, 0.3) is 33.4 Å². The number of ether oxygens (including phenoxy) is 2. The van der Waals surface area contributed by atoms with E-state index in [4.69, 9.17) is 14.5 Å². The van der Waals surface area contributed by atoms with Crippen LogP contribution < -0.4 is 9.47 Å². The first-order valence-electron chi connectivity index (χ1n) is 10.2. The minimum atomic E-state index is 0.500. The van der Waals surface area contributed by atoms with Gasteiger partial charge in [0.2, 0.25) is 0 Å². The Balaban J connectivity index is 1.58. The zero-order valence-corrected chi connectivity index (χ0v) is 17.7. The summed E-state index contributed by atoms with van der Waals surface area (Å²) in [6.07, 6.45) is 0.500. The molecule has 1 N–H and O–H groups in total. The van der Waals surface area contributed by atoms with E-state index in [-0.39, 0.29) is 0 Å². The number of benzene rings is 3. The van der Waals surface area contributed by atoms with E-state index in [9.17, 15) is 0 Å². The number of nitrogens with one attached hydrogen (secondary N) is 1. The van der Waals surface area contributed by atoms with E-state index in [1.165, 1.54) is 0 Å². The highest BCUT2D eigenvalue weighted by Gasteiger charge is 2.16. The minimum Gasteiger partial charge on any atom is -0.497 e. The number of aromatic nitrogens is 5. The average molecular weight is 423 g/mol. The lowest BCUT2D eigenvalue weighted by Crippen LogP contribution is -2.04. The van der Waals surface area contributed by atoms with Crippen LogP contribution in [-0.2, 0) is 6.42 Å². The molecule has 2 aromatic heterocycles. The molecule has 0 atom stereocenters. The maximum Gasteiger partial charge on any atom is 0.157 e. The molecule has 158 valence electrons. The number of hydrogen-bond donors (Lipinski definition) is 1. The van der Waals surface area contributed by atoms with E-state index in [0.717, 1.165) is 44.9 Å². The van der Waals surface area contributed by atoms with Crippen LogP contribution in [0, 0.1) is 0 Å². The van der Waals surface area contributed by atoms with Crippen molar-refractivity contribution in [1.82, 2.24) is 25.4 Å². The van der Waals surface area contributed by atoms with Gasteiger partial charge in [-0.25, -0.2) is 4.98 Å². The number of aromatic amines is 1. The third-order valence-electron chi connectivity index (χ3n) is 5.33. The molecule has 3 aromatic carbocycles. The first-order chi connectivity index (χ1) is 15.7. The van der Waals surface area contributed by atoms with Gasteiger partial charge in [0.05, 0.1) is 31.9 Å². The topological polar surface area (TPSA) is 85.8 Å². The summed E-state index contributed by atoms with van der Waals surface area (Å²) in [5.74, 6) is 2.18. The quantitative estimate of drug-likeness (QED) is 0.426. The minimum absolute atomic E-state index is 0.500. The fourth-order valence-electron chi connectivity index (χ4n) is 3.63. The van der Waals surface area contributed by atoms with Gasteiger partial charge in [-0.3, -0.25) is 5.10 Å². The molecule has 0 saturated heterocycles. The Morgan fingerprint density at radius 2 is 1.34 bits per heavy atom. The van der Waals surface area contributed by atoms with Crippen LogP contribution in [0.5, 0.6) is 11.5 Å². The Hall–Kier alpha value is -4.26. The fourth-order valence-corrected chi connectivity index (χ4v) is 3.63. The molecule has 0 bridgehead atoms. The van der Waals surface area contributed by atoms with Gasteiger partial charge < -0.3 is 9.47 Å². The highest BCUT2D eigenvalue weighted by Crippen LogP contribution is 2.31. The molecule has 0 aliphatic rings. The largest absolute Gasteiger partial charge is 0.497 e. The molecule has 0 unspecified atom stereocenters. The Bertz CT molecular complexity index is 1360. The van der Waals surface area contributed by atoms with Gasteiger partial charge in [-0.05, 0) is 54.6 Å². The molecule has 0 aliphatic carbocycles. The van der Waals surface area contributed by atoms with Crippen molar-refractivity contribution in [3.63, 3.8) is 0 Å². The molecule has 0 saturated carbocycles. The van der Waals surface area contributed by atoms with Crippen LogP contribution in [0.15, 0.2) is 72.8 Å². The monoisotopic (exact) mass is 423 g/mol. The van der Waals surface area contributed by atoms with Crippen LogP contribution >= 0.6 is 0 Å². The first kappa shape index (κ1) is 19.7. The molecule has 0 radical (unpaired) electrons. The molecule has 0 aliphatic heterocycles. The summed E-state index contributed by atoms with van der Waals surface area (Å²) in [7, 11) is 3.30. The molecular weight excluding hydrogens is 402 g/mol. The molecule has 7 heteroatoms. The standard InChI is InChI=1S/C25H21N5O2/c1-31-18-11-7-16(8-12-18)24-25(17-9-13-19(32-2)14-10-17)30-29-23(26-24)15-22-20-5-3-4-6-21(20)27-28-22/h3-14H,15H2,1-2H3,(H,27,28). The van der Waals surface area contributed by atoms with Gasteiger partial charge in [0.25, 0.3) is 0 Å². The lowest BCUT2D eigenvalue weighted by atomic mass is 10.0. The number of fused-ring (bicyclic) bond motifs is 1. The van der Waals surface area contributed by atoms with Gasteiger partial charge in [0.15, 0.2) is 5.82 Å². The summed E-state index contributed by atoms with van der Waals surface area (Å²) < 4.78 is 10.6. The molecule has 0 fully saturated rings. The number of rotatable bonds is 6. The predicted molar refractivity (Wildman–Crippen MR) is 123 cm³/mol. The van der Waals surface area contributed by atoms with Crippen LogP contribution in [0.3, 0.4) is 0 Å². The summed E-state index contributed by atoms with van der Waals surface area (Å²) in [6, 6.07) is 23.5. The van der Waals surface area contributed by atoms with E-state index in [1.807, 2.05) is 72.8 Å². The van der Waals surface area contributed by atoms with Gasteiger partial charge in [0.1, 0.15) is 22.9 Å². The van der Waals surface area contributed by atoms with E-state index in [1.54, 1.807) is 14.2 Å².